The summed E-state index contributed by atoms with van der Waals surface area (Å²) in [6.45, 7) is 1.80. The van der Waals surface area contributed by atoms with E-state index in [-0.39, 0.29) is 0 Å². The van der Waals surface area contributed by atoms with Crippen LogP contribution in [-0.4, -0.2) is 43.1 Å². The lowest BCUT2D eigenvalue weighted by Gasteiger charge is -2.38. The van der Waals surface area contributed by atoms with E-state index >= 15 is 0 Å². The molecule has 0 bridgehead atoms. The maximum Gasteiger partial charge on any atom is 0.416 e. The van der Waals surface area contributed by atoms with Gasteiger partial charge in [-0.25, -0.2) is 0 Å². The third-order valence-electron chi connectivity index (χ3n) is 4.51. The van der Waals surface area contributed by atoms with Crippen molar-refractivity contribution >= 4 is 16.6 Å². The Morgan fingerprint density at radius 3 is 2.70 bits per heavy atom. The lowest BCUT2D eigenvalue weighted by molar-refractivity contribution is -0.137. The zero-order valence-corrected chi connectivity index (χ0v) is 13.3. The molecule has 1 fully saturated rings. The summed E-state index contributed by atoms with van der Waals surface area (Å²) in [4.78, 5) is 8.59. The summed E-state index contributed by atoms with van der Waals surface area (Å²) in [6.07, 6.45) is -0.526. The minimum absolute atomic E-state index is 0.393. The number of likely N-dealkylation sites (N-methyl/N-ethyl adjacent to an activating group) is 1. The third kappa shape index (κ3) is 3.27. The Balaban J connectivity index is 1.98. The first-order valence-corrected chi connectivity index (χ1v) is 7.73. The van der Waals surface area contributed by atoms with Gasteiger partial charge in [-0.05, 0) is 45.1 Å². The molecule has 2 aromatic rings. The van der Waals surface area contributed by atoms with Gasteiger partial charge in [-0.2, -0.15) is 13.2 Å². The van der Waals surface area contributed by atoms with E-state index in [1.165, 1.54) is 0 Å². The molecular weight excluding hydrogens is 303 g/mol. The van der Waals surface area contributed by atoms with Crippen molar-refractivity contribution in [3.8, 4) is 0 Å². The Labute approximate surface area is 133 Å². The number of halogens is 3. The van der Waals surface area contributed by atoms with Gasteiger partial charge in [0.1, 0.15) is 0 Å². The SMILES string of the molecule is CN(C)C1CCCN(c2ccnc3cc(C(F)(F)F)ccc23)C1. The zero-order chi connectivity index (χ0) is 16.6. The molecule has 0 aliphatic carbocycles. The number of hydrogen-bond acceptors (Lipinski definition) is 3. The number of pyridine rings is 1. The van der Waals surface area contributed by atoms with Gasteiger partial charge in [0.15, 0.2) is 0 Å². The first kappa shape index (κ1) is 16.1. The molecule has 1 saturated heterocycles. The number of nitrogens with zero attached hydrogens (tertiary/aromatic N) is 3. The molecule has 23 heavy (non-hydrogen) atoms. The minimum Gasteiger partial charge on any atom is -0.369 e. The number of piperidine rings is 1. The maximum absolute atomic E-state index is 12.9. The summed E-state index contributed by atoms with van der Waals surface area (Å²) in [5.41, 5.74) is 0.707. The van der Waals surface area contributed by atoms with E-state index in [4.69, 9.17) is 0 Å². The summed E-state index contributed by atoms with van der Waals surface area (Å²) in [5, 5.41) is 0.778. The van der Waals surface area contributed by atoms with E-state index in [1.807, 2.05) is 6.07 Å². The average molecular weight is 323 g/mol. The molecule has 3 nitrogen and oxygen atoms in total. The smallest absolute Gasteiger partial charge is 0.369 e. The Kier molecular flexibility index (Phi) is 4.19. The first-order valence-electron chi connectivity index (χ1n) is 7.73. The van der Waals surface area contributed by atoms with Crippen LogP contribution in [0.4, 0.5) is 18.9 Å². The van der Waals surface area contributed by atoms with E-state index in [9.17, 15) is 13.2 Å². The highest BCUT2D eigenvalue weighted by atomic mass is 19.4. The molecule has 1 aliphatic rings. The fourth-order valence-corrected chi connectivity index (χ4v) is 3.18. The average Bonchev–Trinajstić information content (AvgIpc) is 2.53. The molecule has 2 heterocycles. The van der Waals surface area contributed by atoms with Gasteiger partial charge in [-0.3, -0.25) is 4.98 Å². The summed E-state index contributed by atoms with van der Waals surface area (Å²) >= 11 is 0. The number of rotatable bonds is 2. The lowest BCUT2D eigenvalue weighted by atomic mass is 10.0. The van der Waals surface area contributed by atoms with Crippen molar-refractivity contribution in [1.82, 2.24) is 9.88 Å². The quantitative estimate of drug-likeness (QED) is 0.838. The van der Waals surface area contributed by atoms with E-state index in [1.54, 1.807) is 12.3 Å². The largest absolute Gasteiger partial charge is 0.416 e. The van der Waals surface area contributed by atoms with Gasteiger partial charge < -0.3 is 9.80 Å². The topological polar surface area (TPSA) is 19.4 Å². The van der Waals surface area contributed by atoms with E-state index in [0.29, 0.717) is 11.6 Å². The number of anilines is 1. The van der Waals surface area contributed by atoms with Crippen LogP contribution in [0.5, 0.6) is 0 Å². The van der Waals surface area contributed by atoms with Gasteiger partial charge in [-0.1, -0.05) is 6.07 Å². The summed E-state index contributed by atoms with van der Waals surface area (Å²) in [6, 6.07) is 6.17. The molecule has 6 heteroatoms. The standard InChI is InChI=1S/C17H20F3N3/c1-22(2)13-4-3-9-23(11-13)16-7-8-21-15-10-12(17(18,19)20)5-6-14(15)16/h5-8,10,13H,3-4,9,11H2,1-2H3. The second kappa shape index (κ2) is 6.00. The first-order chi connectivity index (χ1) is 10.9. The van der Waals surface area contributed by atoms with Crippen molar-refractivity contribution in [1.29, 1.82) is 0 Å². The van der Waals surface area contributed by atoms with E-state index < -0.39 is 11.7 Å². The van der Waals surface area contributed by atoms with Crippen LogP contribution in [0.15, 0.2) is 30.5 Å². The van der Waals surface area contributed by atoms with Gasteiger partial charge in [0.2, 0.25) is 0 Å². The Morgan fingerprint density at radius 1 is 1.22 bits per heavy atom. The molecule has 1 unspecified atom stereocenters. The van der Waals surface area contributed by atoms with Crippen LogP contribution in [-0.2, 0) is 6.18 Å². The summed E-state index contributed by atoms with van der Waals surface area (Å²) < 4.78 is 38.6. The molecule has 1 atom stereocenters. The fourth-order valence-electron chi connectivity index (χ4n) is 3.18. The predicted molar refractivity (Wildman–Crippen MR) is 85.7 cm³/mol. The van der Waals surface area contributed by atoms with Gasteiger partial charge in [0.05, 0.1) is 11.1 Å². The van der Waals surface area contributed by atoms with Crippen molar-refractivity contribution < 1.29 is 13.2 Å². The van der Waals surface area contributed by atoms with Crippen LogP contribution in [0.25, 0.3) is 10.9 Å². The van der Waals surface area contributed by atoms with Crippen LogP contribution >= 0.6 is 0 Å². The normalized spacial score (nSPS) is 19.6. The van der Waals surface area contributed by atoms with Crippen LogP contribution in [0.3, 0.4) is 0 Å². The maximum atomic E-state index is 12.9. The second-order valence-electron chi connectivity index (χ2n) is 6.27. The molecule has 1 aromatic heterocycles. The Bertz CT molecular complexity index is 697. The molecule has 1 aliphatic heterocycles. The number of alkyl halides is 3. The van der Waals surface area contributed by atoms with Crippen molar-refractivity contribution in [2.24, 2.45) is 0 Å². The molecule has 0 saturated carbocycles. The highest BCUT2D eigenvalue weighted by molar-refractivity contribution is 5.92. The van der Waals surface area contributed by atoms with Gasteiger partial charge in [-0.15, -0.1) is 0 Å². The van der Waals surface area contributed by atoms with Crippen molar-refractivity contribution in [2.45, 2.75) is 25.1 Å². The Hall–Kier alpha value is -1.82. The fraction of sp³-hybridized carbons (Fsp3) is 0.471. The summed E-state index contributed by atoms with van der Waals surface area (Å²) in [5.74, 6) is 0. The highest BCUT2D eigenvalue weighted by Crippen LogP contribution is 2.34. The second-order valence-corrected chi connectivity index (χ2v) is 6.27. The molecule has 1 aromatic carbocycles. The highest BCUT2D eigenvalue weighted by Gasteiger charge is 2.31. The van der Waals surface area contributed by atoms with E-state index in [0.717, 1.165) is 49.1 Å². The van der Waals surface area contributed by atoms with Gasteiger partial charge >= 0.3 is 6.18 Å². The number of aromatic nitrogens is 1. The molecular formula is C17H20F3N3. The monoisotopic (exact) mass is 323 g/mol. The third-order valence-corrected chi connectivity index (χ3v) is 4.51. The predicted octanol–water partition coefficient (Wildman–Crippen LogP) is 3.78. The molecule has 0 spiro atoms. The van der Waals surface area contributed by atoms with Crippen LogP contribution in [0.1, 0.15) is 18.4 Å². The molecule has 0 N–H and O–H groups in total. The molecule has 0 radical (unpaired) electrons. The lowest BCUT2D eigenvalue weighted by Crippen LogP contribution is -2.45. The summed E-state index contributed by atoms with van der Waals surface area (Å²) in [7, 11) is 4.13. The zero-order valence-electron chi connectivity index (χ0n) is 13.3. The molecule has 124 valence electrons. The van der Waals surface area contributed by atoms with Crippen LogP contribution in [0.2, 0.25) is 0 Å². The van der Waals surface area contributed by atoms with Crippen molar-refractivity contribution in [3.63, 3.8) is 0 Å². The van der Waals surface area contributed by atoms with Crippen LogP contribution in [0, 0.1) is 0 Å². The number of fused-ring (bicyclic) bond motifs is 1. The van der Waals surface area contributed by atoms with Crippen LogP contribution < -0.4 is 4.90 Å². The van der Waals surface area contributed by atoms with Crippen molar-refractivity contribution in [3.05, 3.63) is 36.0 Å². The number of hydrogen-bond donors (Lipinski definition) is 0. The molecule has 3 rings (SSSR count). The van der Waals surface area contributed by atoms with Gasteiger partial charge in [0, 0.05) is 36.4 Å². The van der Waals surface area contributed by atoms with Crippen molar-refractivity contribution in [2.75, 3.05) is 32.1 Å². The number of benzene rings is 1. The minimum atomic E-state index is -4.34. The van der Waals surface area contributed by atoms with Gasteiger partial charge in [0.25, 0.3) is 0 Å². The Morgan fingerprint density at radius 2 is 2.00 bits per heavy atom. The van der Waals surface area contributed by atoms with E-state index in [2.05, 4.69) is 28.9 Å². The molecule has 0 amide bonds.